The first kappa shape index (κ1) is 8.88. The highest BCUT2D eigenvalue weighted by molar-refractivity contribution is 5.89. The molecule has 1 aromatic carbocycles. The minimum atomic E-state index is 0.673. The second-order valence-electron chi connectivity index (χ2n) is 3.42. The summed E-state index contributed by atoms with van der Waals surface area (Å²) in [5.74, 6) is 0. The van der Waals surface area contributed by atoms with Crippen LogP contribution in [0.5, 0.6) is 0 Å². The van der Waals surface area contributed by atoms with Crippen LogP contribution in [0.15, 0.2) is 24.3 Å². The van der Waals surface area contributed by atoms with Crippen LogP contribution in [0.1, 0.15) is 21.6 Å². The number of fused-ring (bicyclic) bond motifs is 1. The summed E-state index contributed by atoms with van der Waals surface area (Å²) < 4.78 is 0. The van der Waals surface area contributed by atoms with E-state index in [2.05, 4.69) is 4.98 Å². The Labute approximate surface area is 82.6 Å². The minimum absolute atomic E-state index is 0.673. The summed E-state index contributed by atoms with van der Waals surface area (Å²) in [6.45, 7) is 3.87. The lowest BCUT2D eigenvalue weighted by Gasteiger charge is -2.04. The molecule has 0 aliphatic heterocycles. The van der Waals surface area contributed by atoms with E-state index in [0.29, 0.717) is 5.56 Å². The zero-order valence-electron chi connectivity index (χ0n) is 8.24. The van der Waals surface area contributed by atoms with Crippen molar-refractivity contribution >= 4 is 17.2 Å². The lowest BCUT2D eigenvalue weighted by Crippen LogP contribution is -1.92. The van der Waals surface area contributed by atoms with Crippen LogP contribution in [0.25, 0.3) is 10.9 Å². The number of carbonyl (C=O) groups excluding carboxylic acids is 1. The molecule has 0 bridgehead atoms. The molecule has 2 nitrogen and oxygen atoms in total. The molecule has 2 rings (SSSR count). The van der Waals surface area contributed by atoms with Crippen molar-refractivity contribution in [3.05, 3.63) is 41.1 Å². The summed E-state index contributed by atoms with van der Waals surface area (Å²) in [5, 5.41) is 1.06. The zero-order valence-corrected chi connectivity index (χ0v) is 8.24. The predicted octanol–water partition coefficient (Wildman–Crippen LogP) is 2.66. The zero-order chi connectivity index (χ0) is 10.1. The Hall–Kier alpha value is -1.70. The molecule has 70 valence electrons. The van der Waals surface area contributed by atoms with E-state index in [4.69, 9.17) is 0 Å². The summed E-state index contributed by atoms with van der Waals surface area (Å²) in [6.07, 6.45) is 0.855. The Balaban J connectivity index is 2.86. The van der Waals surface area contributed by atoms with Gasteiger partial charge in [0.1, 0.15) is 0 Å². The van der Waals surface area contributed by atoms with Gasteiger partial charge in [-0.05, 0) is 31.5 Å². The Kier molecular flexibility index (Phi) is 2.04. The monoisotopic (exact) mass is 185 g/mol. The Morgan fingerprint density at radius 1 is 1.29 bits per heavy atom. The summed E-state index contributed by atoms with van der Waals surface area (Å²) in [7, 11) is 0. The number of aromatic nitrogens is 1. The molecule has 0 unspecified atom stereocenters. The summed E-state index contributed by atoms with van der Waals surface area (Å²) >= 11 is 0. The number of hydrogen-bond donors (Lipinski definition) is 0. The molecule has 2 heteroatoms. The normalized spacial score (nSPS) is 10.4. The average Bonchev–Trinajstić information content (AvgIpc) is 2.17. The van der Waals surface area contributed by atoms with Crippen molar-refractivity contribution in [2.45, 2.75) is 13.8 Å². The third kappa shape index (κ3) is 1.29. The molecule has 0 saturated carbocycles. The van der Waals surface area contributed by atoms with Crippen LogP contribution in [0.3, 0.4) is 0 Å². The van der Waals surface area contributed by atoms with Gasteiger partial charge in [0.05, 0.1) is 5.52 Å². The highest BCUT2D eigenvalue weighted by Gasteiger charge is 2.03. The van der Waals surface area contributed by atoms with Crippen LogP contribution in [0.2, 0.25) is 0 Å². The van der Waals surface area contributed by atoms with Gasteiger partial charge in [0.25, 0.3) is 0 Å². The van der Waals surface area contributed by atoms with Gasteiger partial charge in [-0.25, -0.2) is 0 Å². The predicted molar refractivity (Wildman–Crippen MR) is 56.6 cm³/mol. The van der Waals surface area contributed by atoms with Gasteiger partial charge < -0.3 is 0 Å². The molecular formula is C12H11NO. The topological polar surface area (TPSA) is 30.0 Å². The Bertz CT molecular complexity index is 503. The molecular weight excluding hydrogens is 174 g/mol. The molecule has 0 atom stereocenters. The van der Waals surface area contributed by atoms with Gasteiger partial charge in [0, 0.05) is 16.6 Å². The average molecular weight is 185 g/mol. The van der Waals surface area contributed by atoms with E-state index in [1.54, 1.807) is 0 Å². The number of pyridine rings is 1. The van der Waals surface area contributed by atoms with Crippen molar-refractivity contribution < 1.29 is 4.79 Å². The molecule has 0 aliphatic rings. The third-order valence-corrected chi connectivity index (χ3v) is 2.43. The molecule has 1 heterocycles. The lowest BCUT2D eigenvalue weighted by atomic mass is 10.1. The van der Waals surface area contributed by atoms with E-state index in [-0.39, 0.29) is 0 Å². The molecule has 0 fully saturated rings. The summed E-state index contributed by atoms with van der Waals surface area (Å²) in [4.78, 5) is 15.1. The SMILES string of the molecule is Cc1nc2cccc(C)c2cc1C=O. The largest absolute Gasteiger partial charge is 0.298 e. The van der Waals surface area contributed by atoms with E-state index in [1.807, 2.05) is 38.1 Å². The second kappa shape index (κ2) is 3.22. The van der Waals surface area contributed by atoms with Crippen molar-refractivity contribution in [1.29, 1.82) is 0 Å². The molecule has 2 aromatic rings. The van der Waals surface area contributed by atoms with Crippen LogP contribution in [-0.4, -0.2) is 11.3 Å². The number of rotatable bonds is 1. The van der Waals surface area contributed by atoms with Crippen LogP contribution in [0, 0.1) is 13.8 Å². The second-order valence-corrected chi connectivity index (χ2v) is 3.42. The van der Waals surface area contributed by atoms with Crippen LogP contribution in [0.4, 0.5) is 0 Å². The fraction of sp³-hybridized carbons (Fsp3) is 0.167. The maximum Gasteiger partial charge on any atom is 0.151 e. The molecule has 0 N–H and O–H groups in total. The molecule has 1 aromatic heterocycles. The fourth-order valence-corrected chi connectivity index (χ4v) is 1.57. The number of carbonyl (C=O) groups is 1. The van der Waals surface area contributed by atoms with Gasteiger partial charge >= 0.3 is 0 Å². The van der Waals surface area contributed by atoms with Crippen LogP contribution in [-0.2, 0) is 0 Å². The molecule has 0 spiro atoms. The maximum atomic E-state index is 10.7. The molecule has 0 saturated heterocycles. The van der Waals surface area contributed by atoms with Gasteiger partial charge in [0.15, 0.2) is 6.29 Å². The van der Waals surface area contributed by atoms with Crippen LogP contribution >= 0.6 is 0 Å². The van der Waals surface area contributed by atoms with E-state index in [0.717, 1.165) is 28.4 Å². The first-order valence-electron chi connectivity index (χ1n) is 4.54. The quantitative estimate of drug-likeness (QED) is 0.639. The summed E-state index contributed by atoms with van der Waals surface area (Å²) in [6, 6.07) is 7.86. The Morgan fingerprint density at radius 3 is 2.79 bits per heavy atom. The smallest absolute Gasteiger partial charge is 0.151 e. The highest BCUT2D eigenvalue weighted by Crippen LogP contribution is 2.18. The number of aldehydes is 1. The molecule has 0 aliphatic carbocycles. The van der Waals surface area contributed by atoms with Crippen molar-refractivity contribution in [3.8, 4) is 0 Å². The number of nitrogens with zero attached hydrogens (tertiary/aromatic N) is 1. The van der Waals surface area contributed by atoms with E-state index in [9.17, 15) is 4.79 Å². The lowest BCUT2D eigenvalue weighted by molar-refractivity contribution is 0.112. The van der Waals surface area contributed by atoms with Gasteiger partial charge in [-0.2, -0.15) is 0 Å². The standard InChI is InChI=1S/C12H11NO/c1-8-4-3-5-12-11(8)6-10(7-14)9(2)13-12/h3-7H,1-2H3. The number of benzene rings is 1. The van der Waals surface area contributed by atoms with Crippen molar-refractivity contribution in [3.63, 3.8) is 0 Å². The first-order chi connectivity index (χ1) is 6.72. The molecule has 0 radical (unpaired) electrons. The molecule has 0 amide bonds. The van der Waals surface area contributed by atoms with Gasteiger partial charge in [-0.3, -0.25) is 9.78 Å². The van der Waals surface area contributed by atoms with Gasteiger partial charge in [-0.15, -0.1) is 0 Å². The Morgan fingerprint density at radius 2 is 2.07 bits per heavy atom. The van der Waals surface area contributed by atoms with Crippen LogP contribution < -0.4 is 0 Å². The van der Waals surface area contributed by atoms with Crippen molar-refractivity contribution in [2.24, 2.45) is 0 Å². The van der Waals surface area contributed by atoms with E-state index in [1.165, 1.54) is 0 Å². The number of aryl methyl sites for hydroxylation is 2. The van der Waals surface area contributed by atoms with Gasteiger partial charge in [0.2, 0.25) is 0 Å². The van der Waals surface area contributed by atoms with E-state index >= 15 is 0 Å². The summed E-state index contributed by atoms with van der Waals surface area (Å²) in [5.41, 5.74) is 3.57. The minimum Gasteiger partial charge on any atom is -0.298 e. The van der Waals surface area contributed by atoms with Gasteiger partial charge in [-0.1, -0.05) is 12.1 Å². The van der Waals surface area contributed by atoms with E-state index < -0.39 is 0 Å². The highest BCUT2D eigenvalue weighted by atomic mass is 16.1. The number of hydrogen-bond acceptors (Lipinski definition) is 2. The maximum absolute atomic E-state index is 10.7. The fourth-order valence-electron chi connectivity index (χ4n) is 1.57. The first-order valence-corrected chi connectivity index (χ1v) is 4.54. The molecule has 14 heavy (non-hydrogen) atoms. The van der Waals surface area contributed by atoms with Crippen molar-refractivity contribution in [2.75, 3.05) is 0 Å². The third-order valence-electron chi connectivity index (χ3n) is 2.43. The van der Waals surface area contributed by atoms with Crippen molar-refractivity contribution in [1.82, 2.24) is 4.98 Å².